The Morgan fingerprint density at radius 2 is 2.06 bits per heavy atom. The SMILES string of the molecule is CC(C)CNCCOc1cccc(N(C)C)c1. The molecule has 17 heavy (non-hydrogen) atoms. The zero-order valence-corrected chi connectivity index (χ0v) is 11.4. The van der Waals surface area contributed by atoms with Crippen LogP contribution < -0.4 is 15.0 Å². The van der Waals surface area contributed by atoms with Gasteiger partial charge in [-0.05, 0) is 24.6 Å². The molecule has 1 rings (SSSR count). The number of rotatable bonds is 7. The van der Waals surface area contributed by atoms with Crippen LogP contribution in [0.25, 0.3) is 0 Å². The summed E-state index contributed by atoms with van der Waals surface area (Å²) in [7, 11) is 4.06. The Hall–Kier alpha value is -1.22. The van der Waals surface area contributed by atoms with Gasteiger partial charge in [0, 0.05) is 32.4 Å². The number of benzene rings is 1. The van der Waals surface area contributed by atoms with Crippen LogP contribution in [0.1, 0.15) is 13.8 Å². The maximum absolute atomic E-state index is 5.69. The zero-order chi connectivity index (χ0) is 12.7. The summed E-state index contributed by atoms with van der Waals surface area (Å²) in [4.78, 5) is 2.07. The molecule has 1 aromatic rings. The summed E-state index contributed by atoms with van der Waals surface area (Å²) in [5, 5.41) is 3.36. The molecule has 1 aromatic carbocycles. The molecule has 0 saturated heterocycles. The lowest BCUT2D eigenvalue weighted by Crippen LogP contribution is -2.24. The van der Waals surface area contributed by atoms with Crippen molar-refractivity contribution in [2.75, 3.05) is 38.7 Å². The number of nitrogens with zero attached hydrogens (tertiary/aromatic N) is 1. The van der Waals surface area contributed by atoms with Gasteiger partial charge in [-0.1, -0.05) is 19.9 Å². The van der Waals surface area contributed by atoms with Crippen molar-refractivity contribution in [3.63, 3.8) is 0 Å². The predicted molar refractivity (Wildman–Crippen MR) is 74.0 cm³/mol. The second-order valence-electron chi connectivity index (χ2n) is 4.84. The van der Waals surface area contributed by atoms with Gasteiger partial charge in [0.2, 0.25) is 0 Å². The minimum atomic E-state index is 0.687. The molecule has 0 aliphatic heterocycles. The van der Waals surface area contributed by atoms with E-state index in [1.807, 2.05) is 26.2 Å². The van der Waals surface area contributed by atoms with Crippen LogP contribution in [0.5, 0.6) is 5.75 Å². The van der Waals surface area contributed by atoms with E-state index >= 15 is 0 Å². The quantitative estimate of drug-likeness (QED) is 0.736. The maximum atomic E-state index is 5.69. The molecular formula is C14H24N2O. The standard InChI is InChI=1S/C14H24N2O/c1-12(2)11-15-8-9-17-14-7-5-6-13(10-14)16(3)4/h5-7,10,12,15H,8-9,11H2,1-4H3. The van der Waals surface area contributed by atoms with Crippen molar-refractivity contribution in [1.29, 1.82) is 0 Å². The van der Waals surface area contributed by atoms with Crippen molar-refractivity contribution < 1.29 is 4.74 Å². The van der Waals surface area contributed by atoms with Gasteiger partial charge in [-0.15, -0.1) is 0 Å². The van der Waals surface area contributed by atoms with Gasteiger partial charge in [0.05, 0.1) is 0 Å². The van der Waals surface area contributed by atoms with Crippen LogP contribution in [0.2, 0.25) is 0 Å². The van der Waals surface area contributed by atoms with E-state index < -0.39 is 0 Å². The van der Waals surface area contributed by atoms with E-state index in [0.717, 1.165) is 24.5 Å². The monoisotopic (exact) mass is 236 g/mol. The van der Waals surface area contributed by atoms with Gasteiger partial charge in [-0.3, -0.25) is 0 Å². The molecule has 0 bridgehead atoms. The average Bonchev–Trinajstić information content (AvgIpc) is 2.28. The summed E-state index contributed by atoms with van der Waals surface area (Å²) in [6.07, 6.45) is 0. The summed E-state index contributed by atoms with van der Waals surface area (Å²) < 4.78 is 5.69. The molecule has 0 radical (unpaired) electrons. The van der Waals surface area contributed by atoms with E-state index in [1.54, 1.807) is 0 Å². The number of anilines is 1. The summed E-state index contributed by atoms with van der Waals surface area (Å²) in [5.74, 6) is 1.62. The van der Waals surface area contributed by atoms with Crippen LogP contribution in [0.15, 0.2) is 24.3 Å². The second-order valence-corrected chi connectivity index (χ2v) is 4.84. The molecule has 0 atom stereocenters. The van der Waals surface area contributed by atoms with Gasteiger partial charge in [0.1, 0.15) is 12.4 Å². The third-order valence-electron chi connectivity index (χ3n) is 2.43. The van der Waals surface area contributed by atoms with Crippen molar-refractivity contribution in [2.45, 2.75) is 13.8 Å². The molecule has 0 amide bonds. The van der Waals surface area contributed by atoms with Gasteiger partial charge in [0.25, 0.3) is 0 Å². The first-order valence-corrected chi connectivity index (χ1v) is 6.20. The summed E-state index contributed by atoms with van der Waals surface area (Å²) in [6.45, 7) is 7.05. The molecule has 3 nitrogen and oxygen atoms in total. The highest BCUT2D eigenvalue weighted by atomic mass is 16.5. The Kier molecular flexibility index (Phi) is 5.84. The fourth-order valence-corrected chi connectivity index (χ4v) is 1.48. The molecule has 0 aromatic heterocycles. The van der Waals surface area contributed by atoms with E-state index in [2.05, 4.69) is 36.2 Å². The number of nitrogens with one attached hydrogen (secondary N) is 1. The highest BCUT2D eigenvalue weighted by molar-refractivity contribution is 5.49. The molecule has 0 aliphatic carbocycles. The van der Waals surface area contributed by atoms with E-state index in [1.165, 1.54) is 0 Å². The topological polar surface area (TPSA) is 24.5 Å². The fraction of sp³-hybridized carbons (Fsp3) is 0.571. The first kappa shape index (κ1) is 13.8. The highest BCUT2D eigenvalue weighted by Gasteiger charge is 1.98. The first-order valence-electron chi connectivity index (χ1n) is 6.20. The molecule has 0 fully saturated rings. The van der Waals surface area contributed by atoms with Crippen molar-refractivity contribution in [2.24, 2.45) is 5.92 Å². The van der Waals surface area contributed by atoms with Crippen LogP contribution in [-0.2, 0) is 0 Å². The van der Waals surface area contributed by atoms with Crippen LogP contribution in [0.3, 0.4) is 0 Å². The minimum absolute atomic E-state index is 0.687. The molecule has 3 heteroatoms. The summed E-state index contributed by atoms with van der Waals surface area (Å²) >= 11 is 0. The molecule has 1 N–H and O–H groups in total. The normalized spacial score (nSPS) is 10.6. The molecule has 0 saturated carbocycles. The largest absolute Gasteiger partial charge is 0.492 e. The lowest BCUT2D eigenvalue weighted by Gasteiger charge is -2.14. The van der Waals surface area contributed by atoms with Crippen molar-refractivity contribution in [3.05, 3.63) is 24.3 Å². The van der Waals surface area contributed by atoms with E-state index in [9.17, 15) is 0 Å². The lowest BCUT2D eigenvalue weighted by atomic mass is 10.2. The van der Waals surface area contributed by atoms with Crippen molar-refractivity contribution >= 4 is 5.69 Å². The molecular weight excluding hydrogens is 212 g/mol. The summed E-state index contributed by atoms with van der Waals surface area (Å²) in [5.41, 5.74) is 1.16. The number of hydrogen-bond acceptors (Lipinski definition) is 3. The smallest absolute Gasteiger partial charge is 0.121 e. The highest BCUT2D eigenvalue weighted by Crippen LogP contribution is 2.18. The molecule has 0 heterocycles. The Bertz CT molecular complexity index is 324. The molecule has 0 aliphatic rings. The van der Waals surface area contributed by atoms with Crippen LogP contribution in [-0.4, -0.2) is 33.8 Å². The van der Waals surface area contributed by atoms with E-state index in [0.29, 0.717) is 12.5 Å². The van der Waals surface area contributed by atoms with Gasteiger partial charge < -0.3 is 15.0 Å². The van der Waals surface area contributed by atoms with Gasteiger partial charge in [-0.25, -0.2) is 0 Å². The zero-order valence-electron chi connectivity index (χ0n) is 11.4. The van der Waals surface area contributed by atoms with Crippen molar-refractivity contribution in [3.8, 4) is 5.75 Å². The molecule has 0 spiro atoms. The van der Waals surface area contributed by atoms with Gasteiger partial charge >= 0.3 is 0 Å². The Morgan fingerprint density at radius 1 is 1.29 bits per heavy atom. The maximum Gasteiger partial charge on any atom is 0.121 e. The predicted octanol–water partition coefficient (Wildman–Crippen LogP) is 2.38. The second kappa shape index (κ2) is 7.17. The van der Waals surface area contributed by atoms with Crippen molar-refractivity contribution in [1.82, 2.24) is 5.32 Å². The van der Waals surface area contributed by atoms with Crippen LogP contribution in [0.4, 0.5) is 5.69 Å². The lowest BCUT2D eigenvalue weighted by molar-refractivity contribution is 0.311. The van der Waals surface area contributed by atoms with E-state index in [4.69, 9.17) is 4.74 Å². The third kappa shape index (κ3) is 5.59. The first-order chi connectivity index (χ1) is 8.09. The fourth-order valence-electron chi connectivity index (χ4n) is 1.48. The number of ether oxygens (including phenoxy) is 1. The number of hydrogen-bond donors (Lipinski definition) is 1. The van der Waals surface area contributed by atoms with Crippen LogP contribution in [0, 0.1) is 5.92 Å². The van der Waals surface area contributed by atoms with Gasteiger partial charge in [0.15, 0.2) is 0 Å². The summed E-state index contributed by atoms with van der Waals surface area (Å²) in [6, 6.07) is 8.15. The molecule has 96 valence electrons. The third-order valence-corrected chi connectivity index (χ3v) is 2.43. The Morgan fingerprint density at radius 3 is 2.71 bits per heavy atom. The molecule has 0 unspecified atom stereocenters. The Balaban J connectivity index is 2.29. The average molecular weight is 236 g/mol. The Labute approximate surface area is 105 Å². The minimum Gasteiger partial charge on any atom is -0.492 e. The van der Waals surface area contributed by atoms with Gasteiger partial charge in [-0.2, -0.15) is 0 Å². The van der Waals surface area contributed by atoms with E-state index in [-0.39, 0.29) is 0 Å². The van der Waals surface area contributed by atoms with Crippen LogP contribution >= 0.6 is 0 Å².